The van der Waals surface area contributed by atoms with Crippen molar-refractivity contribution in [1.82, 2.24) is 10.3 Å². The van der Waals surface area contributed by atoms with Crippen LogP contribution in [0.15, 0.2) is 114 Å². The van der Waals surface area contributed by atoms with Gasteiger partial charge in [-0.05, 0) is 65.7 Å². The largest absolute Gasteiger partial charge is 0.481 e. The van der Waals surface area contributed by atoms with E-state index in [4.69, 9.17) is 9.72 Å². The predicted octanol–water partition coefficient (Wildman–Crippen LogP) is 7.30. The van der Waals surface area contributed by atoms with E-state index >= 15 is 0 Å². The lowest BCUT2D eigenvalue weighted by molar-refractivity contribution is 0.0118. The number of nitrogens with one attached hydrogen (secondary N) is 1. The minimum absolute atomic E-state index is 0.447. The van der Waals surface area contributed by atoms with E-state index in [1.165, 1.54) is 0 Å². The summed E-state index contributed by atoms with van der Waals surface area (Å²) in [5, 5.41) is 18.4. The molecule has 2 unspecified atom stereocenters. The fourth-order valence-electron chi connectivity index (χ4n) is 5.38. The van der Waals surface area contributed by atoms with Gasteiger partial charge in [-0.3, -0.25) is 0 Å². The SMILES string of the molecule is CNCCC(O)(c1cccc2ccccc12)C(c1ccccc1)c1cc(-c2cccc(Br)c2)cnc1OC. The molecule has 0 saturated heterocycles. The van der Waals surface area contributed by atoms with Gasteiger partial charge in [-0.2, -0.15) is 0 Å². The minimum Gasteiger partial charge on any atom is -0.481 e. The maximum Gasteiger partial charge on any atom is 0.217 e. The molecule has 0 saturated carbocycles. The number of aliphatic hydroxyl groups is 1. The molecule has 2 N–H and O–H groups in total. The van der Waals surface area contributed by atoms with Crippen molar-refractivity contribution >= 4 is 26.7 Å². The Morgan fingerprint density at radius 2 is 1.63 bits per heavy atom. The molecule has 0 aliphatic carbocycles. The molecule has 192 valence electrons. The number of benzene rings is 4. The molecule has 0 fully saturated rings. The van der Waals surface area contributed by atoms with E-state index < -0.39 is 11.5 Å². The van der Waals surface area contributed by atoms with Gasteiger partial charge in [0.25, 0.3) is 0 Å². The highest BCUT2D eigenvalue weighted by Crippen LogP contribution is 2.48. The third-order valence-electron chi connectivity index (χ3n) is 7.16. The molecule has 1 heterocycles. The molecule has 0 spiro atoms. The molecule has 0 radical (unpaired) electrons. The molecule has 5 rings (SSSR count). The molecule has 5 heteroatoms. The predicted molar refractivity (Wildman–Crippen MR) is 159 cm³/mol. The number of nitrogens with zero attached hydrogens (tertiary/aromatic N) is 1. The maximum absolute atomic E-state index is 13.0. The highest BCUT2D eigenvalue weighted by atomic mass is 79.9. The number of methoxy groups -OCH3 is 1. The van der Waals surface area contributed by atoms with Gasteiger partial charge in [0.2, 0.25) is 5.88 Å². The Hall–Kier alpha value is -3.51. The second-order valence-corrected chi connectivity index (χ2v) is 10.4. The van der Waals surface area contributed by atoms with Crippen molar-refractivity contribution in [1.29, 1.82) is 0 Å². The monoisotopic (exact) mass is 566 g/mol. The topological polar surface area (TPSA) is 54.4 Å². The molecule has 38 heavy (non-hydrogen) atoms. The number of hydrogen-bond acceptors (Lipinski definition) is 4. The lowest BCUT2D eigenvalue weighted by Gasteiger charge is -2.39. The van der Waals surface area contributed by atoms with Gasteiger partial charge in [0, 0.05) is 27.7 Å². The third-order valence-corrected chi connectivity index (χ3v) is 7.66. The van der Waals surface area contributed by atoms with Crippen molar-refractivity contribution in [2.75, 3.05) is 20.7 Å². The lowest BCUT2D eigenvalue weighted by Crippen LogP contribution is -2.37. The minimum atomic E-state index is -1.27. The van der Waals surface area contributed by atoms with E-state index in [1.807, 2.05) is 67.8 Å². The van der Waals surface area contributed by atoms with Crippen LogP contribution in [0, 0.1) is 0 Å². The van der Waals surface area contributed by atoms with Crippen LogP contribution in [-0.2, 0) is 5.60 Å². The molecule has 0 aliphatic heterocycles. The van der Waals surface area contributed by atoms with Crippen molar-refractivity contribution in [3.8, 4) is 17.0 Å². The number of ether oxygens (including phenoxy) is 1. The van der Waals surface area contributed by atoms with Crippen molar-refractivity contribution in [2.45, 2.75) is 17.9 Å². The molecule has 5 aromatic rings. The molecule has 0 aliphatic rings. The van der Waals surface area contributed by atoms with Crippen LogP contribution in [-0.4, -0.2) is 30.8 Å². The van der Waals surface area contributed by atoms with Gasteiger partial charge in [-0.1, -0.05) is 101 Å². The van der Waals surface area contributed by atoms with Gasteiger partial charge in [0.15, 0.2) is 0 Å². The number of fused-ring (bicyclic) bond motifs is 1. The zero-order valence-electron chi connectivity index (χ0n) is 21.6. The van der Waals surface area contributed by atoms with Crippen LogP contribution >= 0.6 is 15.9 Å². The molecule has 2 atom stereocenters. The first kappa shape index (κ1) is 26.1. The van der Waals surface area contributed by atoms with Gasteiger partial charge in [-0.25, -0.2) is 4.98 Å². The fraction of sp³-hybridized carbons (Fsp3) is 0.182. The second kappa shape index (κ2) is 11.5. The highest BCUT2D eigenvalue weighted by molar-refractivity contribution is 9.10. The van der Waals surface area contributed by atoms with E-state index in [0.29, 0.717) is 18.8 Å². The van der Waals surface area contributed by atoms with Crippen molar-refractivity contribution in [3.05, 3.63) is 130 Å². The van der Waals surface area contributed by atoms with Crippen LogP contribution in [0.25, 0.3) is 21.9 Å². The number of rotatable bonds is 9. The number of pyridine rings is 1. The molecule has 0 amide bonds. The Morgan fingerprint density at radius 1 is 0.895 bits per heavy atom. The van der Waals surface area contributed by atoms with E-state index in [-0.39, 0.29) is 0 Å². The summed E-state index contributed by atoms with van der Waals surface area (Å²) in [6.07, 6.45) is 2.32. The molecule has 1 aromatic heterocycles. The fourth-order valence-corrected chi connectivity index (χ4v) is 5.78. The van der Waals surface area contributed by atoms with Crippen LogP contribution in [0.2, 0.25) is 0 Å². The van der Waals surface area contributed by atoms with Gasteiger partial charge in [-0.15, -0.1) is 0 Å². The summed E-state index contributed by atoms with van der Waals surface area (Å²) in [7, 11) is 3.55. The molecule has 4 aromatic carbocycles. The number of aromatic nitrogens is 1. The third kappa shape index (κ3) is 5.10. The summed E-state index contributed by atoms with van der Waals surface area (Å²) < 4.78 is 6.83. The van der Waals surface area contributed by atoms with Gasteiger partial charge in [0.05, 0.1) is 7.11 Å². The lowest BCUT2D eigenvalue weighted by atomic mass is 9.70. The molecular formula is C33H31BrN2O2. The first-order valence-corrected chi connectivity index (χ1v) is 13.5. The Kier molecular flexibility index (Phi) is 7.89. The van der Waals surface area contributed by atoms with Gasteiger partial charge in [0.1, 0.15) is 5.60 Å². The zero-order chi connectivity index (χ0) is 26.5. The first-order chi connectivity index (χ1) is 18.5. The summed E-state index contributed by atoms with van der Waals surface area (Å²) in [5.41, 5.74) is 3.43. The van der Waals surface area contributed by atoms with E-state index in [0.717, 1.165) is 43.1 Å². The smallest absolute Gasteiger partial charge is 0.217 e. The standard InChI is InChI=1S/C33H31BrN2O2/c1-35-19-18-33(37,30-17-9-13-23-10-6-7-16-28(23)30)31(24-11-4-3-5-12-24)29-21-26(22-36-32(29)38-2)25-14-8-15-27(34)20-25/h3-17,20-22,31,35,37H,18-19H2,1-2H3. The average molecular weight is 568 g/mol. The summed E-state index contributed by atoms with van der Waals surface area (Å²) >= 11 is 3.59. The van der Waals surface area contributed by atoms with Crippen molar-refractivity contribution in [3.63, 3.8) is 0 Å². The number of hydrogen-bond donors (Lipinski definition) is 2. The van der Waals surface area contributed by atoms with E-state index in [2.05, 4.69) is 69.8 Å². The Morgan fingerprint density at radius 3 is 2.39 bits per heavy atom. The van der Waals surface area contributed by atoms with Crippen LogP contribution in [0.4, 0.5) is 0 Å². The van der Waals surface area contributed by atoms with Crippen LogP contribution < -0.4 is 10.1 Å². The van der Waals surface area contributed by atoms with Gasteiger partial charge < -0.3 is 15.2 Å². The molecular weight excluding hydrogens is 536 g/mol. The van der Waals surface area contributed by atoms with E-state index in [9.17, 15) is 5.11 Å². The highest BCUT2D eigenvalue weighted by Gasteiger charge is 2.42. The van der Waals surface area contributed by atoms with Crippen LogP contribution in [0.5, 0.6) is 5.88 Å². The summed E-state index contributed by atoms with van der Waals surface area (Å²) in [6, 6.07) is 34.8. The first-order valence-electron chi connectivity index (χ1n) is 12.7. The Labute approximate surface area is 232 Å². The van der Waals surface area contributed by atoms with Crippen LogP contribution in [0.3, 0.4) is 0 Å². The second-order valence-electron chi connectivity index (χ2n) is 9.48. The van der Waals surface area contributed by atoms with Crippen LogP contribution in [0.1, 0.15) is 29.0 Å². The summed E-state index contributed by atoms with van der Waals surface area (Å²) in [6.45, 7) is 0.629. The zero-order valence-corrected chi connectivity index (χ0v) is 23.2. The van der Waals surface area contributed by atoms with Crippen molar-refractivity contribution in [2.24, 2.45) is 0 Å². The maximum atomic E-state index is 13.0. The molecule has 0 bridgehead atoms. The number of halogens is 1. The van der Waals surface area contributed by atoms with E-state index in [1.54, 1.807) is 7.11 Å². The van der Waals surface area contributed by atoms with Gasteiger partial charge >= 0.3 is 0 Å². The summed E-state index contributed by atoms with van der Waals surface area (Å²) in [4.78, 5) is 4.74. The average Bonchev–Trinajstić information content (AvgIpc) is 2.96. The van der Waals surface area contributed by atoms with Crippen molar-refractivity contribution < 1.29 is 9.84 Å². The molecule has 4 nitrogen and oxygen atoms in total. The normalized spacial score (nSPS) is 13.7. The quantitative estimate of drug-likeness (QED) is 0.196. The Bertz CT molecular complexity index is 1530. The Balaban J connectivity index is 1.80. The summed E-state index contributed by atoms with van der Waals surface area (Å²) in [5.74, 6) is 0.0538.